The summed E-state index contributed by atoms with van der Waals surface area (Å²) in [6, 6.07) is 1.79. The number of pyridine rings is 1. The first-order valence-corrected chi connectivity index (χ1v) is 3.63. The molecule has 3 nitrogen and oxygen atoms in total. The van der Waals surface area contributed by atoms with Crippen LogP contribution in [0.4, 0.5) is 5.69 Å². The summed E-state index contributed by atoms with van der Waals surface area (Å²) in [6.45, 7) is 0.618. The number of nitrogens with one attached hydrogen (secondary N) is 1. The zero-order valence-electron chi connectivity index (χ0n) is 5.71. The summed E-state index contributed by atoms with van der Waals surface area (Å²) in [4.78, 5) is 7.96. The van der Waals surface area contributed by atoms with E-state index < -0.39 is 0 Å². The highest BCUT2D eigenvalue weighted by Gasteiger charge is 2.04. The molecule has 2 heterocycles. The first kappa shape index (κ1) is 6.61. The van der Waals surface area contributed by atoms with Crippen LogP contribution in [0.5, 0.6) is 0 Å². The second-order valence-corrected chi connectivity index (χ2v) is 2.63. The molecular weight excluding hydrogens is 162 g/mol. The minimum atomic E-state index is 0.506. The molecule has 1 aromatic heterocycles. The Morgan fingerprint density at radius 1 is 1.55 bits per heavy atom. The molecule has 0 saturated heterocycles. The molecule has 0 amide bonds. The lowest BCUT2D eigenvalue weighted by Crippen LogP contribution is -2.07. The Hall–Kier alpha value is -1.09. The Morgan fingerprint density at radius 3 is 3.36 bits per heavy atom. The lowest BCUT2D eigenvalue weighted by molar-refractivity contribution is 1.12. The van der Waals surface area contributed by atoms with Crippen LogP contribution in [-0.4, -0.2) is 17.9 Å². The Bertz CT molecular complexity index is 309. The van der Waals surface area contributed by atoms with Crippen molar-refractivity contribution in [2.24, 2.45) is 4.99 Å². The molecule has 0 radical (unpaired) electrons. The summed E-state index contributed by atoms with van der Waals surface area (Å²) >= 11 is 5.68. The van der Waals surface area contributed by atoms with E-state index in [0.29, 0.717) is 11.8 Å². The topological polar surface area (TPSA) is 37.3 Å². The fourth-order valence-corrected chi connectivity index (χ4v) is 1.13. The zero-order chi connectivity index (χ0) is 7.68. The minimum Gasteiger partial charge on any atom is -0.366 e. The van der Waals surface area contributed by atoms with Gasteiger partial charge in [-0.1, -0.05) is 11.6 Å². The molecule has 0 aliphatic carbocycles. The summed E-state index contributed by atoms with van der Waals surface area (Å²) in [5.74, 6) is 0. The van der Waals surface area contributed by atoms with Gasteiger partial charge in [-0.15, -0.1) is 0 Å². The van der Waals surface area contributed by atoms with E-state index in [4.69, 9.17) is 11.6 Å². The van der Waals surface area contributed by atoms with Crippen LogP contribution in [0, 0.1) is 0 Å². The number of hydrogen-bond acceptors (Lipinski definition) is 3. The number of nitrogens with zero attached hydrogens (tertiary/aromatic N) is 2. The van der Waals surface area contributed by atoms with E-state index in [2.05, 4.69) is 15.3 Å². The highest BCUT2D eigenvalue weighted by Crippen LogP contribution is 2.18. The number of aromatic nitrogens is 1. The van der Waals surface area contributed by atoms with Crippen molar-refractivity contribution in [3.8, 4) is 0 Å². The lowest BCUT2D eigenvalue weighted by Gasteiger charge is -2.10. The molecular formula is C7H6ClN3. The molecule has 0 unspecified atom stereocenters. The highest BCUT2D eigenvalue weighted by atomic mass is 35.5. The molecule has 4 heteroatoms. The molecule has 0 atom stereocenters. The summed E-state index contributed by atoms with van der Waals surface area (Å²) in [7, 11) is 0. The number of aliphatic imine (C=N–C) groups is 1. The van der Waals surface area contributed by atoms with E-state index >= 15 is 0 Å². The molecule has 0 aromatic carbocycles. The van der Waals surface area contributed by atoms with Gasteiger partial charge >= 0.3 is 0 Å². The number of hydrogen-bond donors (Lipinski definition) is 1. The van der Waals surface area contributed by atoms with Gasteiger partial charge in [0.1, 0.15) is 11.8 Å². The van der Waals surface area contributed by atoms with Crippen molar-refractivity contribution in [3.63, 3.8) is 0 Å². The van der Waals surface area contributed by atoms with E-state index in [9.17, 15) is 0 Å². The molecule has 11 heavy (non-hydrogen) atoms. The molecule has 0 bridgehead atoms. The molecule has 1 N–H and O–H groups in total. The van der Waals surface area contributed by atoms with E-state index in [1.54, 1.807) is 18.5 Å². The SMILES string of the molecule is Clc1cc2c(cn1)C=NCN2. The van der Waals surface area contributed by atoms with Gasteiger partial charge in [-0.2, -0.15) is 0 Å². The van der Waals surface area contributed by atoms with Crippen LogP contribution in [0.15, 0.2) is 17.3 Å². The van der Waals surface area contributed by atoms with E-state index in [0.717, 1.165) is 11.3 Å². The van der Waals surface area contributed by atoms with Crippen molar-refractivity contribution in [2.45, 2.75) is 0 Å². The molecule has 1 aliphatic heterocycles. The van der Waals surface area contributed by atoms with Gasteiger partial charge in [-0.3, -0.25) is 4.99 Å². The van der Waals surface area contributed by atoms with Gasteiger partial charge in [-0.25, -0.2) is 4.98 Å². The molecule has 0 spiro atoms. The van der Waals surface area contributed by atoms with Crippen LogP contribution in [0.2, 0.25) is 5.15 Å². The number of rotatable bonds is 0. The molecule has 2 rings (SSSR count). The third-order valence-electron chi connectivity index (χ3n) is 1.49. The largest absolute Gasteiger partial charge is 0.366 e. The number of fused-ring (bicyclic) bond motifs is 1. The maximum absolute atomic E-state index is 5.68. The Kier molecular flexibility index (Phi) is 1.51. The lowest BCUT2D eigenvalue weighted by atomic mass is 10.2. The zero-order valence-corrected chi connectivity index (χ0v) is 6.47. The third-order valence-corrected chi connectivity index (χ3v) is 1.70. The average molecular weight is 168 g/mol. The van der Waals surface area contributed by atoms with Gasteiger partial charge in [-0.05, 0) is 6.07 Å². The van der Waals surface area contributed by atoms with Crippen molar-refractivity contribution in [2.75, 3.05) is 12.0 Å². The summed E-state index contributed by atoms with van der Waals surface area (Å²) < 4.78 is 0. The van der Waals surface area contributed by atoms with Crippen LogP contribution in [-0.2, 0) is 0 Å². The van der Waals surface area contributed by atoms with Crippen LogP contribution in [0.1, 0.15) is 5.56 Å². The fourth-order valence-electron chi connectivity index (χ4n) is 0.971. The second kappa shape index (κ2) is 2.51. The van der Waals surface area contributed by atoms with E-state index in [1.807, 2.05) is 0 Å². The first-order chi connectivity index (χ1) is 5.36. The Labute approximate surface area is 69.1 Å². The van der Waals surface area contributed by atoms with E-state index in [1.165, 1.54) is 0 Å². The van der Waals surface area contributed by atoms with Crippen molar-refractivity contribution < 1.29 is 0 Å². The minimum absolute atomic E-state index is 0.506. The normalized spacial score (nSPS) is 13.9. The standard InChI is InChI=1S/C7H6ClN3/c8-7-1-6-5(3-10-7)2-9-4-11-6/h1-3,11H,4H2. The summed E-state index contributed by atoms with van der Waals surface area (Å²) in [6.07, 6.45) is 3.49. The van der Waals surface area contributed by atoms with Crippen LogP contribution in [0.25, 0.3) is 0 Å². The molecule has 0 fully saturated rings. The summed E-state index contributed by atoms with van der Waals surface area (Å²) in [5.41, 5.74) is 1.99. The average Bonchev–Trinajstić information content (AvgIpc) is 2.04. The quantitative estimate of drug-likeness (QED) is 0.596. The van der Waals surface area contributed by atoms with Gasteiger partial charge < -0.3 is 5.32 Å². The number of halogens is 1. The van der Waals surface area contributed by atoms with Crippen molar-refractivity contribution in [3.05, 3.63) is 23.0 Å². The molecule has 1 aromatic rings. The van der Waals surface area contributed by atoms with Gasteiger partial charge in [0.15, 0.2) is 0 Å². The van der Waals surface area contributed by atoms with Crippen molar-refractivity contribution >= 4 is 23.5 Å². The Morgan fingerprint density at radius 2 is 2.45 bits per heavy atom. The number of anilines is 1. The van der Waals surface area contributed by atoms with Gasteiger partial charge in [0, 0.05) is 23.7 Å². The van der Waals surface area contributed by atoms with Crippen LogP contribution >= 0.6 is 11.6 Å². The first-order valence-electron chi connectivity index (χ1n) is 3.25. The Balaban J connectivity index is 2.53. The van der Waals surface area contributed by atoms with Crippen LogP contribution in [0.3, 0.4) is 0 Å². The maximum Gasteiger partial charge on any atom is 0.131 e. The summed E-state index contributed by atoms with van der Waals surface area (Å²) in [5, 5.41) is 3.59. The van der Waals surface area contributed by atoms with Gasteiger partial charge in [0.25, 0.3) is 0 Å². The van der Waals surface area contributed by atoms with Gasteiger partial charge in [0.05, 0.1) is 0 Å². The molecule has 56 valence electrons. The van der Waals surface area contributed by atoms with Gasteiger partial charge in [0.2, 0.25) is 0 Å². The third kappa shape index (κ3) is 1.19. The van der Waals surface area contributed by atoms with Crippen LogP contribution < -0.4 is 5.32 Å². The fraction of sp³-hybridized carbons (Fsp3) is 0.143. The van der Waals surface area contributed by atoms with Crippen molar-refractivity contribution in [1.82, 2.24) is 4.98 Å². The maximum atomic E-state index is 5.68. The highest BCUT2D eigenvalue weighted by molar-refractivity contribution is 6.29. The molecule has 1 aliphatic rings. The van der Waals surface area contributed by atoms with E-state index in [-0.39, 0.29) is 0 Å². The van der Waals surface area contributed by atoms with Crippen molar-refractivity contribution in [1.29, 1.82) is 0 Å². The smallest absolute Gasteiger partial charge is 0.131 e. The monoisotopic (exact) mass is 167 g/mol. The predicted octanol–water partition coefficient (Wildman–Crippen LogP) is 1.54. The predicted molar refractivity (Wildman–Crippen MR) is 45.3 cm³/mol. The second-order valence-electron chi connectivity index (χ2n) is 2.24. The molecule has 0 saturated carbocycles.